The van der Waals surface area contributed by atoms with Gasteiger partial charge in [-0.15, -0.1) is 0 Å². The lowest BCUT2D eigenvalue weighted by molar-refractivity contribution is 0.189. The van der Waals surface area contributed by atoms with Crippen LogP contribution in [0.3, 0.4) is 0 Å². The lowest BCUT2D eigenvalue weighted by Gasteiger charge is -2.15. The summed E-state index contributed by atoms with van der Waals surface area (Å²) in [5.74, 6) is 1.32. The molecule has 0 bridgehead atoms. The van der Waals surface area contributed by atoms with Crippen LogP contribution in [-0.2, 0) is 6.42 Å². The number of H-pyrrole nitrogens is 1. The molecule has 2 aromatic heterocycles. The van der Waals surface area contributed by atoms with Gasteiger partial charge >= 0.3 is 6.09 Å². The number of benzene rings is 1. The van der Waals surface area contributed by atoms with Gasteiger partial charge < -0.3 is 20.1 Å². The molecule has 3 aromatic rings. The molecule has 7 heteroatoms. The molecule has 3 N–H and O–H groups in total. The maximum atomic E-state index is 11.1. The zero-order valence-corrected chi connectivity index (χ0v) is 12.5. The fourth-order valence-electron chi connectivity index (χ4n) is 2.40. The predicted molar refractivity (Wildman–Crippen MR) is 84.5 cm³/mol. The van der Waals surface area contributed by atoms with Gasteiger partial charge in [0.1, 0.15) is 11.6 Å². The SMILES string of the molecule is COc1ccc(CC(NC(=O)O)c2nc3ccncc3[nH]2)cc1. The molecule has 0 radical (unpaired) electrons. The van der Waals surface area contributed by atoms with Crippen LogP contribution in [0.25, 0.3) is 11.0 Å². The van der Waals surface area contributed by atoms with Gasteiger partial charge in [-0.3, -0.25) is 4.98 Å². The Morgan fingerprint density at radius 2 is 2.13 bits per heavy atom. The molecule has 1 aromatic carbocycles. The van der Waals surface area contributed by atoms with E-state index in [9.17, 15) is 4.79 Å². The van der Waals surface area contributed by atoms with E-state index in [2.05, 4.69) is 20.3 Å². The van der Waals surface area contributed by atoms with Crippen molar-refractivity contribution in [2.45, 2.75) is 12.5 Å². The van der Waals surface area contributed by atoms with Crippen LogP contribution in [0.4, 0.5) is 4.79 Å². The van der Waals surface area contributed by atoms with Crippen LogP contribution < -0.4 is 10.1 Å². The summed E-state index contributed by atoms with van der Waals surface area (Å²) in [4.78, 5) is 22.7. The fraction of sp³-hybridized carbons (Fsp3) is 0.188. The largest absolute Gasteiger partial charge is 0.497 e. The maximum absolute atomic E-state index is 11.1. The van der Waals surface area contributed by atoms with E-state index in [1.165, 1.54) is 0 Å². The number of amides is 1. The van der Waals surface area contributed by atoms with E-state index in [0.29, 0.717) is 12.2 Å². The van der Waals surface area contributed by atoms with E-state index in [-0.39, 0.29) is 0 Å². The second-order valence-electron chi connectivity index (χ2n) is 5.07. The number of aromatic amines is 1. The first-order valence-electron chi connectivity index (χ1n) is 7.07. The number of imidazole rings is 1. The zero-order chi connectivity index (χ0) is 16.2. The van der Waals surface area contributed by atoms with E-state index in [0.717, 1.165) is 22.3 Å². The smallest absolute Gasteiger partial charge is 0.405 e. The molecule has 0 aliphatic rings. The lowest BCUT2D eigenvalue weighted by atomic mass is 10.1. The van der Waals surface area contributed by atoms with Gasteiger partial charge in [0.15, 0.2) is 0 Å². The van der Waals surface area contributed by atoms with E-state index < -0.39 is 12.1 Å². The van der Waals surface area contributed by atoms with Crippen molar-refractivity contribution in [1.29, 1.82) is 0 Å². The first kappa shape index (κ1) is 14.8. The second-order valence-corrected chi connectivity index (χ2v) is 5.07. The van der Waals surface area contributed by atoms with Crippen LogP contribution in [0, 0.1) is 0 Å². The first-order chi connectivity index (χ1) is 11.2. The van der Waals surface area contributed by atoms with E-state index >= 15 is 0 Å². The summed E-state index contributed by atoms with van der Waals surface area (Å²) in [6.07, 6.45) is 2.69. The normalized spacial score (nSPS) is 12.0. The highest BCUT2D eigenvalue weighted by Gasteiger charge is 2.18. The highest BCUT2D eigenvalue weighted by atomic mass is 16.5. The summed E-state index contributed by atoms with van der Waals surface area (Å²) in [5.41, 5.74) is 2.50. The molecule has 0 saturated heterocycles. The Labute approximate surface area is 132 Å². The fourth-order valence-corrected chi connectivity index (χ4v) is 2.40. The van der Waals surface area contributed by atoms with Gasteiger partial charge in [-0.05, 0) is 23.8 Å². The molecule has 2 heterocycles. The number of pyridine rings is 1. The standard InChI is InChI=1S/C16H16N4O3/c1-23-11-4-2-10(3-5-11)8-13(20-16(21)22)15-18-12-6-7-17-9-14(12)19-15/h2-7,9,13,20H,8H2,1H3,(H,18,19)(H,21,22). The van der Waals surface area contributed by atoms with Crippen LogP contribution in [0.1, 0.15) is 17.4 Å². The summed E-state index contributed by atoms with van der Waals surface area (Å²) in [7, 11) is 1.60. The molecule has 7 nitrogen and oxygen atoms in total. The minimum atomic E-state index is -1.10. The molecule has 0 saturated carbocycles. The van der Waals surface area contributed by atoms with Crippen molar-refractivity contribution in [3.63, 3.8) is 0 Å². The average molecular weight is 312 g/mol. The molecular weight excluding hydrogens is 296 g/mol. The van der Waals surface area contributed by atoms with Gasteiger partial charge in [-0.2, -0.15) is 0 Å². The third-order valence-electron chi connectivity index (χ3n) is 3.53. The second kappa shape index (κ2) is 6.35. The van der Waals surface area contributed by atoms with Crippen molar-refractivity contribution in [2.24, 2.45) is 0 Å². The van der Waals surface area contributed by atoms with Gasteiger partial charge in [0.05, 0.1) is 30.4 Å². The molecule has 1 unspecified atom stereocenters. The molecule has 1 atom stereocenters. The monoisotopic (exact) mass is 312 g/mol. The van der Waals surface area contributed by atoms with Crippen LogP contribution >= 0.6 is 0 Å². The molecule has 0 spiro atoms. The Morgan fingerprint density at radius 1 is 1.35 bits per heavy atom. The van der Waals surface area contributed by atoms with Crippen molar-refractivity contribution in [3.8, 4) is 5.75 Å². The van der Waals surface area contributed by atoms with Crippen molar-refractivity contribution in [2.75, 3.05) is 7.11 Å². The number of rotatable bonds is 5. The Hall–Kier alpha value is -3.09. The van der Waals surface area contributed by atoms with Crippen molar-refractivity contribution < 1.29 is 14.6 Å². The number of carbonyl (C=O) groups is 1. The summed E-state index contributed by atoms with van der Waals surface area (Å²) in [6, 6.07) is 8.79. The Kier molecular flexibility index (Phi) is 4.09. The number of aromatic nitrogens is 3. The first-order valence-corrected chi connectivity index (χ1v) is 7.07. The quantitative estimate of drug-likeness (QED) is 0.672. The Bertz CT molecular complexity index is 781. The van der Waals surface area contributed by atoms with Crippen molar-refractivity contribution >= 4 is 17.1 Å². The number of nitrogens with one attached hydrogen (secondary N) is 2. The summed E-state index contributed by atoms with van der Waals surface area (Å²) >= 11 is 0. The van der Waals surface area contributed by atoms with Crippen molar-refractivity contribution in [3.05, 3.63) is 54.1 Å². The Balaban J connectivity index is 1.88. The van der Waals surface area contributed by atoms with Gasteiger partial charge in [0.25, 0.3) is 0 Å². The molecule has 23 heavy (non-hydrogen) atoms. The number of hydrogen-bond acceptors (Lipinski definition) is 4. The third-order valence-corrected chi connectivity index (χ3v) is 3.53. The van der Waals surface area contributed by atoms with Crippen LogP contribution in [0.2, 0.25) is 0 Å². The van der Waals surface area contributed by atoms with Gasteiger partial charge in [0.2, 0.25) is 0 Å². The number of fused-ring (bicyclic) bond motifs is 1. The highest BCUT2D eigenvalue weighted by Crippen LogP contribution is 2.21. The highest BCUT2D eigenvalue weighted by molar-refractivity contribution is 5.74. The van der Waals surface area contributed by atoms with Gasteiger partial charge in [-0.1, -0.05) is 12.1 Å². The minimum absolute atomic E-state index is 0.476. The minimum Gasteiger partial charge on any atom is -0.497 e. The number of carboxylic acid groups (broad SMARTS) is 1. The van der Waals surface area contributed by atoms with E-state index in [4.69, 9.17) is 9.84 Å². The van der Waals surface area contributed by atoms with Gasteiger partial charge in [0, 0.05) is 12.6 Å². The van der Waals surface area contributed by atoms with Gasteiger partial charge in [-0.25, -0.2) is 9.78 Å². The maximum Gasteiger partial charge on any atom is 0.405 e. The van der Waals surface area contributed by atoms with Crippen molar-refractivity contribution in [1.82, 2.24) is 20.3 Å². The summed E-state index contributed by atoms with van der Waals surface area (Å²) < 4.78 is 5.13. The lowest BCUT2D eigenvalue weighted by Crippen LogP contribution is -2.29. The number of ether oxygens (including phenoxy) is 1. The molecule has 118 valence electrons. The van der Waals surface area contributed by atoms with Crippen LogP contribution in [0.5, 0.6) is 5.75 Å². The number of nitrogens with zero attached hydrogens (tertiary/aromatic N) is 2. The Morgan fingerprint density at radius 3 is 2.78 bits per heavy atom. The third kappa shape index (κ3) is 3.39. The van der Waals surface area contributed by atoms with E-state index in [1.807, 2.05) is 24.3 Å². The van der Waals surface area contributed by atoms with Crippen LogP contribution in [-0.4, -0.2) is 33.3 Å². The molecule has 0 aliphatic heterocycles. The zero-order valence-electron chi connectivity index (χ0n) is 12.5. The molecule has 0 aliphatic carbocycles. The summed E-state index contributed by atoms with van der Waals surface area (Å²) in [6.45, 7) is 0. The number of methoxy groups -OCH3 is 1. The molecule has 1 amide bonds. The topological polar surface area (TPSA) is 100 Å². The van der Waals surface area contributed by atoms with Crippen LogP contribution in [0.15, 0.2) is 42.7 Å². The summed E-state index contributed by atoms with van der Waals surface area (Å²) in [5, 5.41) is 11.6. The molecule has 3 rings (SSSR count). The number of hydrogen-bond donors (Lipinski definition) is 3. The average Bonchev–Trinajstić information content (AvgIpc) is 2.98. The molecule has 0 fully saturated rings. The molecular formula is C16H16N4O3. The van der Waals surface area contributed by atoms with E-state index in [1.54, 1.807) is 25.6 Å². The predicted octanol–water partition coefficient (Wildman–Crippen LogP) is 2.52.